The monoisotopic (exact) mass is 414 g/mol. The second-order valence-electron chi connectivity index (χ2n) is 8.04. The molecule has 2 aromatic rings. The number of nitrogens with zero attached hydrogens (tertiary/aromatic N) is 3. The molecule has 6 heteroatoms. The van der Waals surface area contributed by atoms with E-state index in [1.807, 2.05) is 26.0 Å². The van der Waals surface area contributed by atoms with Crippen LogP contribution in [0.5, 0.6) is 0 Å². The van der Waals surface area contributed by atoms with Gasteiger partial charge >= 0.3 is 0 Å². The zero-order valence-electron chi connectivity index (χ0n) is 19.1. The van der Waals surface area contributed by atoms with Gasteiger partial charge in [-0.15, -0.1) is 0 Å². The Balaban J connectivity index is 0.00000124. The van der Waals surface area contributed by atoms with Gasteiger partial charge in [-0.3, -0.25) is 4.90 Å². The highest BCUT2D eigenvalue weighted by molar-refractivity contribution is 5.88. The lowest BCUT2D eigenvalue weighted by Gasteiger charge is -2.38. The van der Waals surface area contributed by atoms with E-state index in [0.717, 1.165) is 81.0 Å². The molecule has 0 bridgehead atoms. The number of hydrogen-bond acceptors (Lipinski definition) is 6. The molecule has 1 saturated heterocycles. The van der Waals surface area contributed by atoms with Crippen LogP contribution in [0.15, 0.2) is 24.3 Å². The first-order chi connectivity index (χ1) is 14.7. The highest BCUT2D eigenvalue weighted by atomic mass is 16.7. The predicted molar refractivity (Wildman–Crippen MR) is 123 cm³/mol. The first-order valence-corrected chi connectivity index (χ1v) is 11.7. The number of fused-ring (bicyclic) bond motifs is 1. The molecule has 0 atom stereocenters. The molecule has 166 valence electrons. The van der Waals surface area contributed by atoms with Crippen molar-refractivity contribution in [2.24, 2.45) is 0 Å². The summed E-state index contributed by atoms with van der Waals surface area (Å²) < 4.78 is 11.7. The van der Waals surface area contributed by atoms with Crippen LogP contribution in [0.2, 0.25) is 0 Å². The highest BCUT2D eigenvalue weighted by Gasteiger charge is 2.41. The van der Waals surface area contributed by atoms with Crippen molar-refractivity contribution >= 4 is 16.7 Å². The maximum atomic E-state index is 5.86. The van der Waals surface area contributed by atoms with E-state index in [1.54, 1.807) is 0 Å². The third kappa shape index (κ3) is 5.48. The largest absolute Gasteiger partial charge is 0.369 e. The van der Waals surface area contributed by atoms with Gasteiger partial charge in [-0.25, -0.2) is 9.97 Å². The molecular weight excluding hydrogens is 376 g/mol. The van der Waals surface area contributed by atoms with Crippen LogP contribution in [0.3, 0.4) is 0 Å². The van der Waals surface area contributed by atoms with E-state index in [9.17, 15) is 0 Å². The van der Waals surface area contributed by atoms with Gasteiger partial charge in [0.15, 0.2) is 5.79 Å². The predicted octanol–water partition coefficient (Wildman–Crippen LogP) is 4.99. The lowest BCUT2D eigenvalue weighted by atomic mass is 9.89. The van der Waals surface area contributed by atoms with E-state index in [0.29, 0.717) is 6.04 Å². The molecule has 1 aliphatic heterocycles. The van der Waals surface area contributed by atoms with Crippen molar-refractivity contribution in [3.8, 4) is 0 Å². The van der Waals surface area contributed by atoms with E-state index >= 15 is 0 Å². The van der Waals surface area contributed by atoms with Gasteiger partial charge in [-0.1, -0.05) is 39.3 Å². The second-order valence-corrected chi connectivity index (χ2v) is 8.04. The van der Waals surface area contributed by atoms with Crippen molar-refractivity contribution in [1.82, 2.24) is 14.9 Å². The number of aromatic nitrogens is 2. The normalized spacial score (nSPS) is 18.6. The lowest BCUT2D eigenvalue weighted by Crippen LogP contribution is -2.42. The summed E-state index contributed by atoms with van der Waals surface area (Å²) in [5, 5.41) is 4.61. The standard InChI is InChI=1S/C22H32N4O2.C2H6/c1-3-4-13-23-21-18-7-5-6-8-19(18)24-20(25-21)16-26(2)17-9-11-22(12-10-17)27-14-15-28-22;1-2/h5-8,17H,3-4,9-16H2,1-2H3,(H,23,24,25);1-2H3. The highest BCUT2D eigenvalue weighted by Crippen LogP contribution is 2.37. The van der Waals surface area contributed by atoms with Crippen molar-refractivity contribution < 1.29 is 9.47 Å². The lowest BCUT2D eigenvalue weighted by molar-refractivity contribution is -0.183. The Morgan fingerprint density at radius 1 is 1.10 bits per heavy atom. The smallest absolute Gasteiger partial charge is 0.168 e. The third-order valence-corrected chi connectivity index (χ3v) is 6.02. The van der Waals surface area contributed by atoms with Crippen molar-refractivity contribution in [3.63, 3.8) is 0 Å². The third-order valence-electron chi connectivity index (χ3n) is 6.02. The SMILES string of the molecule is CC.CCCCNc1nc(CN(C)C2CCC3(CC2)OCCO3)nc2ccccc12. The van der Waals surface area contributed by atoms with Crippen LogP contribution in [-0.4, -0.2) is 53.5 Å². The fourth-order valence-electron chi connectivity index (χ4n) is 4.33. The minimum atomic E-state index is -0.298. The number of anilines is 1. The van der Waals surface area contributed by atoms with Crippen LogP contribution in [-0.2, 0) is 16.0 Å². The van der Waals surface area contributed by atoms with Gasteiger partial charge in [-0.2, -0.15) is 0 Å². The van der Waals surface area contributed by atoms with Crippen molar-refractivity contribution in [1.29, 1.82) is 0 Å². The Morgan fingerprint density at radius 3 is 2.50 bits per heavy atom. The minimum Gasteiger partial charge on any atom is -0.369 e. The van der Waals surface area contributed by atoms with Crippen LogP contribution < -0.4 is 5.32 Å². The molecule has 30 heavy (non-hydrogen) atoms. The van der Waals surface area contributed by atoms with Crippen molar-refractivity contribution in [2.45, 2.75) is 77.7 Å². The van der Waals surface area contributed by atoms with E-state index in [-0.39, 0.29) is 5.79 Å². The molecule has 1 aliphatic carbocycles. The van der Waals surface area contributed by atoms with Crippen LogP contribution in [0.25, 0.3) is 10.9 Å². The topological polar surface area (TPSA) is 59.5 Å². The summed E-state index contributed by atoms with van der Waals surface area (Å²) in [5.41, 5.74) is 1.01. The molecule has 4 rings (SSSR count). The summed E-state index contributed by atoms with van der Waals surface area (Å²) >= 11 is 0. The quantitative estimate of drug-likeness (QED) is 0.645. The van der Waals surface area contributed by atoms with Gasteiger partial charge in [0.2, 0.25) is 0 Å². The van der Waals surface area contributed by atoms with Gasteiger partial charge < -0.3 is 14.8 Å². The number of ether oxygens (including phenoxy) is 2. The Labute approximate surface area is 181 Å². The summed E-state index contributed by atoms with van der Waals surface area (Å²) in [6, 6.07) is 8.78. The number of rotatable bonds is 7. The van der Waals surface area contributed by atoms with Gasteiger partial charge in [0.25, 0.3) is 0 Å². The number of para-hydroxylation sites is 1. The van der Waals surface area contributed by atoms with Gasteiger partial charge in [-0.05, 0) is 38.4 Å². The molecule has 0 unspecified atom stereocenters. The molecule has 1 N–H and O–H groups in total. The first kappa shape index (κ1) is 22.9. The number of unbranched alkanes of at least 4 members (excludes halogenated alkanes) is 1. The van der Waals surface area contributed by atoms with Crippen LogP contribution >= 0.6 is 0 Å². The summed E-state index contributed by atoms with van der Waals surface area (Å²) in [6.07, 6.45) is 6.44. The molecule has 1 aromatic carbocycles. The maximum Gasteiger partial charge on any atom is 0.168 e. The van der Waals surface area contributed by atoms with E-state index in [2.05, 4.69) is 36.3 Å². The number of benzene rings is 1. The fourth-order valence-corrected chi connectivity index (χ4v) is 4.33. The van der Waals surface area contributed by atoms with Crippen molar-refractivity contribution in [3.05, 3.63) is 30.1 Å². The summed E-state index contributed by atoms with van der Waals surface area (Å²) in [6.45, 7) is 9.37. The zero-order chi connectivity index (χ0) is 21.4. The molecule has 1 spiro atoms. The summed E-state index contributed by atoms with van der Waals surface area (Å²) in [5.74, 6) is 1.54. The van der Waals surface area contributed by atoms with Crippen molar-refractivity contribution in [2.75, 3.05) is 32.1 Å². The molecule has 2 aliphatic rings. The minimum absolute atomic E-state index is 0.298. The van der Waals surface area contributed by atoms with Crippen LogP contribution in [0, 0.1) is 0 Å². The molecule has 2 fully saturated rings. The molecule has 6 nitrogen and oxygen atoms in total. The Kier molecular flexibility index (Phi) is 8.42. The van der Waals surface area contributed by atoms with E-state index < -0.39 is 0 Å². The summed E-state index contributed by atoms with van der Waals surface area (Å²) in [4.78, 5) is 12.1. The van der Waals surface area contributed by atoms with Crippen LogP contribution in [0.1, 0.15) is 65.1 Å². The van der Waals surface area contributed by atoms with Gasteiger partial charge in [0, 0.05) is 30.8 Å². The Bertz CT molecular complexity index is 782. The number of hydrogen-bond donors (Lipinski definition) is 1. The second kappa shape index (κ2) is 11.0. The molecular formula is C24H38N4O2. The average Bonchev–Trinajstić information content (AvgIpc) is 3.23. The van der Waals surface area contributed by atoms with Gasteiger partial charge in [0.05, 0.1) is 25.3 Å². The zero-order valence-corrected chi connectivity index (χ0v) is 19.1. The average molecular weight is 415 g/mol. The Morgan fingerprint density at radius 2 is 1.80 bits per heavy atom. The first-order valence-electron chi connectivity index (χ1n) is 11.7. The van der Waals surface area contributed by atoms with Gasteiger partial charge in [0.1, 0.15) is 11.6 Å². The maximum absolute atomic E-state index is 5.86. The Hall–Kier alpha value is -1.76. The molecule has 0 amide bonds. The molecule has 1 saturated carbocycles. The van der Waals surface area contributed by atoms with Crippen LogP contribution in [0.4, 0.5) is 5.82 Å². The molecule has 1 aromatic heterocycles. The molecule has 0 radical (unpaired) electrons. The van der Waals surface area contributed by atoms with E-state index in [1.165, 1.54) is 6.42 Å². The van der Waals surface area contributed by atoms with E-state index in [4.69, 9.17) is 19.4 Å². The molecule has 2 heterocycles. The summed E-state index contributed by atoms with van der Waals surface area (Å²) in [7, 11) is 2.18. The fraction of sp³-hybridized carbons (Fsp3) is 0.667. The number of nitrogens with one attached hydrogen (secondary N) is 1.